The second-order valence-electron chi connectivity index (χ2n) is 4.66. The molecule has 8 nitrogen and oxygen atoms in total. The Kier molecular flexibility index (Phi) is 9.23. The summed E-state index contributed by atoms with van der Waals surface area (Å²) >= 11 is 4.01. The van der Waals surface area contributed by atoms with E-state index in [9.17, 15) is 19.2 Å². The van der Waals surface area contributed by atoms with Crippen LogP contribution in [0.4, 0.5) is 0 Å². The van der Waals surface area contributed by atoms with Gasteiger partial charge in [-0.3, -0.25) is 19.2 Å². The second kappa shape index (κ2) is 10.0. The first-order valence-corrected chi connectivity index (χ1v) is 7.16. The third-order valence-electron chi connectivity index (χ3n) is 2.98. The number of hydrogen-bond acceptors (Lipinski definition) is 7. The fourth-order valence-corrected chi connectivity index (χ4v) is 1.89. The van der Waals surface area contributed by atoms with Crippen molar-refractivity contribution in [3.8, 4) is 0 Å². The molecule has 0 spiro atoms. The van der Waals surface area contributed by atoms with Crippen LogP contribution in [0.5, 0.6) is 0 Å². The van der Waals surface area contributed by atoms with E-state index < -0.39 is 42.3 Å². The first kappa shape index (κ1) is 20.2. The average Bonchev–Trinajstić information content (AvgIpc) is 2.49. The number of carbonyl (C=O) groups excluding carboxylic acids is 3. The zero-order valence-electron chi connectivity index (χ0n) is 12.8. The molecule has 0 rings (SSSR count). The fraction of sp³-hybridized carbons (Fsp3) is 0.692. The standard InChI is InChI=1S/C13H21NO7S/c1-8(7-22)13(19)14(6-10(15)16)9(4-11(17)20-2)5-12(18)21-3/h8-9,22H,4-7H2,1-3H3,(H,15,16)/t8-/m1/s1. The molecule has 0 aromatic carbocycles. The highest BCUT2D eigenvalue weighted by Gasteiger charge is 2.32. The Morgan fingerprint density at radius 1 is 1.09 bits per heavy atom. The third-order valence-corrected chi connectivity index (χ3v) is 3.53. The van der Waals surface area contributed by atoms with Crippen molar-refractivity contribution in [3.63, 3.8) is 0 Å². The van der Waals surface area contributed by atoms with Crippen molar-refractivity contribution in [1.82, 2.24) is 4.90 Å². The molecular weight excluding hydrogens is 314 g/mol. The maximum atomic E-state index is 12.3. The first-order chi connectivity index (χ1) is 10.3. The summed E-state index contributed by atoms with van der Waals surface area (Å²) in [5.74, 6) is -3.42. The van der Waals surface area contributed by atoms with Crippen molar-refractivity contribution < 1.29 is 33.8 Å². The molecule has 1 atom stereocenters. The van der Waals surface area contributed by atoms with Gasteiger partial charge in [-0.25, -0.2) is 0 Å². The monoisotopic (exact) mass is 335 g/mol. The van der Waals surface area contributed by atoms with Crippen LogP contribution in [0.25, 0.3) is 0 Å². The first-order valence-electron chi connectivity index (χ1n) is 6.53. The number of amides is 1. The van der Waals surface area contributed by atoms with Gasteiger partial charge in [0, 0.05) is 11.7 Å². The molecule has 9 heteroatoms. The summed E-state index contributed by atoms with van der Waals surface area (Å²) in [4.78, 5) is 47.2. The van der Waals surface area contributed by atoms with Gasteiger partial charge in [-0.15, -0.1) is 0 Å². The molecule has 0 unspecified atom stereocenters. The maximum absolute atomic E-state index is 12.3. The number of thiol groups is 1. The van der Waals surface area contributed by atoms with Crippen LogP contribution in [0, 0.1) is 5.92 Å². The Bertz CT molecular complexity index is 409. The Balaban J connectivity index is 5.39. The summed E-state index contributed by atoms with van der Waals surface area (Å²) in [6.45, 7) is 0.952. The summed E-state index contributed by atoms with van der Waals surface area (Å²) in [5.41, 5.74) is 0. The fourth-order valence-electron chi connectivity index (χ4n) is 1.74. The molecule has 0 radical (unpaired) electrons. The highest BCUT2D eigenvalue weighted by molar-refractivity contribution is 7.80. The predicted octanol–water partition coefficient (Wildman–Crippen LogP) is -0.0397. The largest absolute Gasteiger partial charge is 0.480 e. The molecule has 0 aliphatic heterocycles. The summed E-state index contributed by atoms with van der Waals surface area (Å²) < 4.78 is 9.05. The number of carboxylic acid groups (broad SMARTS) is 1. The van der Waals surface area contributed by atoms with Crippen LogP contribution in [0.15, 0.2) is 0 Å². The third kappa shape index (κ3) is 6.79. The molecule has 1 amide bonds. The van der Waals surface area contributed by atoms with E-state index >= 15 is 0 Å². The topological polar surface area (TPSA) is 110 Å². The van der Waals surface area contributed by atoms with Gasteiger partial charge in [-0.1, -0.05) is 6.92 Å². The van der Waals surface area contributed by atoms with E-state index in [1.165, 1.54) is 0 Å². The van der Waals surface area contributed by atoms with Crippen LogP contribution in [-0.4, -0.2) is 66.4 Å². The van der Waals surface area contributed by atoms with Gasteiger partial charge < -0.3 is 19.5 Å². The number of nitrogens with zero attached hydrogens (tertiary/aromatic N) is 1. The van der Waals surface area contributed by atoms with Crippen molar-refractivity contribution in [2.24, 2.45) is 5.92 Å². The minimum atomic E-state index is -1.25. The van der Waals surface area contributed by atoms with Gasteiger partial charge in [0.1, 0.15) is 6.54 Å². The Morgan fingerprint density at radius 3 is 1.86 bits per heavy atom. The molecule has 0 aromatic heterocycles. The molecule has 22 heavy (non-hydrogen) atoms. The molecule has 126 valence electrons. The molecule has 0 fully saturated rings. The minimum Gasteiger partial charge on any atom is -0.480 e. The molecule has 0 bridgehead atoms. The average molecular weight is 335 g/mol. The predicted molar refractivity (Wildman–Crippen MR) is 79.4 cm³/mol. The molecule has 0 saturated heterocycles. The lowest BCUT2D eigenvalue weighted by atomic mass is 10.1. The summed E-state index contributed by atoms with van der Waals surface area (Å²) in [7, 11) is 2.33. The van der Waals surface area contributed by atoms with Gasteiger partial charge in [0.25, 0.3) is 0 Å². The number of hydrogen-bond donors (Lipinski definition) is 2. The number of carboxylic acids is 1. The highest BCUT2D eigenvalue weighted by Crippen LogP contribution is 2.15. The van der Waals surface area contributed by atoms with Crippen LogP contribution in [-0.2, 0) is 28.7 Å². The molecule has 0 aliphatic carbocycles. The molecule has 0 aromatic rings. The van der Waals surface area contributed by atoms with E-state index in [4.69, 9.17) is 5.11 Å². The number of methoxy groups -OCH3 is 2. The van der Waals surface area contributed by atoms with E-state index in [-0.39, 0.29) is 18.6 Å². The maximum Gasteiger partial charge on any atom is 0.323 e. The summed E-state index contributed by atoms with van der Waals surface area (Å²) in [6, 6.07) is -0.953. The van der Waals surface area contributed by atoms with Crippen LogP contribution in [0.2, 0.25) is 0 Å². The number of esters is 2. The van der Waals surface area contributed by atoms with Crippen molar-refractivity contribution in [2.75, 3.05) is 26.5 Å². The molecular formula is C13H21NO7S. The zero-order valence-corrected chi connectivity index (χ0v) is 13.7. The van der Waals surface area contributed by atoms with Gasteiger partial charge in [0.2, 0.25) is 5.91 Å². The Morgan fingerprint density at radius 2 is 1.55 bits per heavy atom. The number of carbonyl (C=O) groups is 4. The lowest BCUT2D eigenvalue weighted by Crippen LogP contribution is -2.48. The van der Waals surface area contributed by atoms with E-state index in [1.54, 1.807) is 6.92 Å². The van der Waals surface area contributed by atoms with Gasteiger partial charge in [-0.05, 0) is 0 Å². The number of aliphatic carboxylic acids is 1. The van der Waals surface area contributed by atoms with Crippen molar-refractivity contribution >= 4 is 36.4 Å². The van der Waals surface area contributed by atoms with E-state index in [1.807, 2.05) is 0 Å². The second-order valence-corrected chi connectivity index (χ2v) is 5.02. The normalized spacial score (nSPS) is 11.7. The number of rotatable bonds is 9. The van der Waals surface area contributed by atoms with Crippen LogP contribution in [0.1, 0.15) is 19.8 Å². The van der Waals surface area contributed by atoms with E-state index in [2.05, 4.69) is 22.1 Å². The van der Waals surface area contributed by atoms with Gasteiger partial charge >= 0.3 is 17.9 Å². The molecule has 0 heterocycles. The smallest absolute Gasteiger partial charge is 0.323 e. The molecule has 1 N–H and O–H groups in total. The quantitative estimate of drug-likeness (QED) is 0.449. The van der Waals surface area contributed by atoms with E-state index in [0.29, 0.717) is 0 Å². The summed E-state index contributed by atoms with van der Waals surface area (Å²) in [6.07, 6.45) is -0.603. The highest BCUT2D eigenvalue weighted by atomic mass is 32.1. The zero-order chi connectivity index (χ0) is 17.3. The minimum absolute atomic E-state index is 0.206. The Labute approximate surface area is 134 Å². The van der Waals surface area contributed by atoms with Gasteiger partial charge in [-0.2, -0.15) is 12.6 Å². The van der Waals surface area contributed by atoms with Crippen LogP contribution < -0.4 is 0 Å². The van der Waals surface area contributed by atoms with E-state index in [0.717, 1.165) is 19.1 Å². The van der Waals surface area contributed by atoms with Gasteiger partial charge in [0.15, 0.2) is 0 Å². The molecule has 0 saturated carbocycles. The van der Waals surface area contributed by atoms with Gasteiger partial charge in [0.05, 0.1) is 33.1 Å². The van der Waals surface area contributed by atoms with Crippen molar-refractivity contribution in [3.05, 3.63) is 0 Å². The number of ether oxygens (including phenoxy) is 2. The summed E-state index contributed by atoms with van der Waals surface area (Å²) in [5, 5.41) is 8.97. The van der Waals surface area contributed by atoms with Crippen LogP contribution in [0.3, 0.4) is 0 Å². The van der Waals surface area contributed by atoms with Crippen molar-refractivity contribution in [1.29, 1.82) is 0 Å². The lowest BCUT2D eigenvalue weighted by molar-refractivity contribution is -0.153. The molecule has 0 aliphatic rings. The van der Waals surface area contributed by atoms with Crippen molar-refractivity contribution in [2.45, 2.75) is 25.8 Å². The SMILES string of the molecule is COC(=O)CC(CC(=O)OC)N(CC(=O)O)C(=O)[C@H](C)CS. The lowest BCUT2D eigenvalue weighted by Gasteiger charge is -2.31. The Hall–Kier alpha value is -1.77. The van der Waals surface area contributed by atoms with Crippen LogP contribution >= 0.6 is 12.6 Å².